The van der Waals surface area contributed by atoms with Gasteiger partial charge >= 0.3 is 5.69 Å². The van der Waals surface area contributed by atoms with Gasteiger partial charge in [-0.2, -0.15) is 9.78 Å². The third-order valence-corrected chi connectivity index (χ3v) is 6.79. The smallest absolute Gasteiger partial charge is 0.315 e. The Morgan fingerprint density at radius 1 is 1.05 bits per heavy atom. The maximum Gasteiger partial charge on any atom is 0.315 e. The van der Waals surface area contributed by atoms with Gasteiger partial charge in [-0.05, 0) is 55.3 Å². The number of benzene rings is 3. The van der Waals surface area contributed by atoms with E-state index in [1.165, 1.54) is 47.3 Å². The lowest BCUT2D eigenvalue weighted by molar-refractivity contribution is -0.386. The highest BCUT2D eigenvalue weighted by atomic mass is 79.9. The van der Waals surface area contributed by atoms with Crippen LogP contribution in [0.4, 0.5) is 11.4 Å². The van der Waals surface area contributed by atoms with Crippen LogP contribution in [0.15, 0.2) is 69.0 Å². The van der Waals surface area contributed by atoms with Crippen molar-refractivity contribution in [1.29, 1.82) is 0 Å². The molecule has 0 unspecified atom stereocenters. The summed E-state index contributed by atoms with van der Waals surface area (Å²) in [6.45, 7) is 5.76. The van der Waals surface area contributed by atoms with E-state index in [1.54, 1.807) is 19.1 Å². The molecule has 4 rings (SSSR count). The Labute approximate surface area is 242 Å². The lowest BCUT2D eigenvalue weighted by Gasteiger charge is -2.14. The standard InChI is InChI=1S/C28H26BrN5O7/c1-4-17(3)27-31-23-11-8-20(29)14-22(23)28(35)32(27)30-15-19-12-24(34(38)39)26(25(13-19)40-5-2)41-16-18-6-9-21(10-7-18)33(36)37/h6-15,17H,4-5,16H2,1-3H3/t17-/m0/s1. The highest BCUT2D eigenvalue weighted by Gasteiger charge is 2.23. The molecule has 0 saturated carbocycles. The van der Waals surface area contributed by atoms with Crippen LogP contribution in [0.1, 0.15) is 50.1 Å². The number of fused-ring (bicyclic) bond motifs is 1. The Balaban J connectivity index is 1.75. The molecular weight excluding hydrogens is 598 g/mol. The third kappa shape index (κ3) is 6.57. The predicted molar refractivity (Wildman–Crippen MR) is 157 cm³/mol. The van der Waals surface area contributed by atoms with Gasteiger partial charge in [-0.3, -0.25) is 25.0 Å². The van der Waals surface area contributed by atoms with Crippen LogP contribution in [0.3, 0.4) is 0 Å². The van der Waals surface area contributed by atoms with Gasteiger partial charge in [-0.1, -0.05) is 29.8 Å². The summed E-state index contributed by atoms with van der Waals surface area (Å²) in [5.41, 5.74) is 0.608. The van der Waals surface area contributed by atoms with Gasteiger partial charge in [0, 0.05) is 34.2 Å². The molecule has 41 heavy (non-hydrogen) atoms. The number of hydrogen-bond donors (Lipinski definition) is 0. The van der Waals surface area contributed by atoms with E-state index >= 15 is 0 Å². The molecule has 0 aliphatic carbocycles. The van der Waals surface area contributed by atoms with Crippen LogP contribution < -0.4 is 15.0 Å². The average Bonchev–Trinajstić information content (AvgIpc) is 2.95. The summed E-state index contributed by atoms with van der Waals surface area (Å²) in [6.07, 6.45) is 2.05. The maximum absolute atomic E-state index is 13.4. The van der Waals surface area contributed by atoms with Gasteiger partial charge in [-0.25, -0.2) is 4.98 Å². The predicted octanol–water partition coefficient (Wildman–Crippen LogP) is 6.35. The van der Waals surface area contributed by atoms with Crippen LogP contribution in [0.25, 0.3) is 10.9 Å². The first-order valence-corrected chi connectivity index (χ1v) is 13.5. The van der Waals surface area contributed by atoms with Gasteiger partial charge in [0.25, 0.3) is 11.2 Å². The molecule has 212 valence electrons. The van der Waals surface area contributed by atoms with Crippen molar-refractivity contribution in [2.24, 2.45) is 5.10 Å². The number of nitrogens with zero attached hydrogens (tertiary/aromatic N) is 5. The van der Waals surface area contributed by atoms with Crippen molar-refractivity contribution in [3.63, 3.8) is 0 Å². The second kappa shape index (κ2) is 12.7. The molecule has 4 aromatic rings. The zero-order chi connectivity index (χ0) is 29.7. The summed E-state index contributed by atoms with van der Waals surface area (Å²) < 4.78 is 13.4. The molecule has 0 bridgehead atoms. The van der Waals surface area contributed by atoms with Crippen molar-refractivity contribution >= 4 is 44.4 Å². The minimum absolute atomic E-state index is 0.0804. The Morgan fingerprint density at radius 3 is 2.41 bits per heavy atom. The summed E-state index contributed by atoms with van der Waals surface area (Å²) in [5, 5.41) is 27.7. The van der Waals surface area contributed by atoms with Gasteiger partial charge in [0.15, 0.2) is 5.75 Å². The molecule has 0 radical (unpaired) electrons. The minimum Gasteiger partial charge on any atom is -0.490 e. The fourth-order valence-electron chi connectivity index (χ4n) is 4.00. The first kappa shape index (κ1) is 29.3. The molecule has 0 saturated heterocycles. The molecule has 0 aliphatic heterocycles. The van der Waals surface area contributed by atoms with E-state index in [0.29, 0.717) is 34.3 Å². The summed E-state index contributed by atoms with van der Waals surface area (Å²) in [5.74, 6) is 0.393. The number of hydrogen-bond acceptors (Lipinski definition) is 9. The van der Waals surface area contributed by atoms with E-state index in [2.05, 4.69) is 26.0 Å². The quantitative estimate of drug-likeness (QED) is 0.106. The van der Waals surface area contributed by atoms with Gasteiger partial charge < -0.3 is 9.47 Å². The normalized spacial score (nSPS) is 12.0. The molecule has 1 aromatic heterocycles. The van der Waals surface area contributed by atoms with Gasteiger partial charge in [-0.15, -0.1) is 0 Å². The van der Waals surface area contributed by atoms with E-state index in [9.17, 15) is 25.0 Å². The van der Waals surface area contributed by atoms with E-state index in [0.717, 1.165) is 4.47 Å². The van der Waals surface area contributed by atoms with Crippen molar-refractivity contribution < 1.29 is 19.3 Å². The van der Waals surface area contributed by atoms with Crippen molar-refractivity contribution in [3.8, 4) is 11.5 Å². The first-order chi connectivity index (χ1) is 19.6. The molecule has 12 nitrogen and oxygen atoms in total. The van der Waals surface area contributed by atoms with Crippen LogP contribution in [-0.2, 0) is 6.61 Å². The molecule has 13 heteroatoms. The van der Waals surface area contributed by atoms with Crippen molar-refractivity contribution in [1.82, 2.24) is 9.66 Å². The number of nitro benzene ring substituents is 2. The monoisotopic (exact) mass is 623 g/mol. The zero-order valence-corrected chi connectivity index (χ0v) is 24.0. The Morgan fingerprint density at radius 2 is 1.78 bits per heavy atom. The van der Waals surface area contributed by atoms with Crippen LogP contribution in [0.5, 0.6) is 11.5 Å². The lowest BCUT2D eigenvalue weighted by atomic mass is 10.1. The molecular formula is C28H26BrN5O7. The topological polar surface area (TPSA) is 152 Å². The van der Waals surface area contributed by atoms with Crippen LogP contribution >= 0.6 is 15.9 Å². The largest absolute Gasteiger partial charge is 0.490 e. The minimum atomic E-state index is -0.600. The lowest BCUT2D eigenvalue weighted by Crippen LogP contribution is -2.23. The molecule has 0 spiro atoms. The Bertz CT molecular complexity index is 1700. The molecule has 0 fully saturated rings. The molecule has 1 atom stereocenters. The van der Waals surface area contributed by atoms with E-state index in [4.69, 9.17) is 9.47 Å². The highest BCUT2D eigenvalue weighted by molar-refractivity contribution is 9.10. The van der Waals surface area contributed by atoms with E-state index in [1.807, 2.05) is 19.9 Å². The van der Waals surface area contributed by atoms with Gasteiger partial charge in [0.1, 0.15) is 12.4 Å². The number of ether oxygens (including phenoxy) is 2. The van der Waals surface area contributed by atoms with Crippen molar-refractivity contribution in [2.75, 3.05) is 6.61 Å². The fraction of sp³-hybridized carbons (Fsp3) is 0.250. The van der Waals surface area contributed by atoms with Crippen LogP contribution in [0.2, 0.25) is 0 Å². The summed E-state index contributed by atoms with van der Waals surface area (Å²) in [7, 11) is 0. The third-order valence-electron chi connectivity index (χ3n) is 6.29. The van der Waals surface area contributed by atoms with Gasteiger partial charge in [0.2, 0.25) is 5.75 Å². The van der Waals surface area contributed by atoms with Gasteiger partial charge in [0.05, 0.1) is 33.6 Å². The van der Waals surface area contributed by atoms with E-state index in [-0.39, 0.29) is 47.6 Å². The Hall–Kier alpha value is -4.65. The second-order valence-corrected chi connectivity index (χ2v) is 9.99. The number of aromatic nitrogens is 2. The maximum atomic E-state index is 13.4. The highest BCUT2D eigenvalue weighted by Crippen LogP contribution is 2.39. The first-order valence-electron chi connectivity index (χ1n) is 12.7. The van der Waals surface area contributed by atoms with Crippen LogP contribution in [0, 0.1) is 20.2 Å². The van der Waals surface area contributed by atoms with Crippen molar-refractivity contribution in [3.05, 3.63) is 107 Å². The molecule has 0 amide bonds. The molecule has 1 heterocycles. The molecule has 0 aliphatic rings. The number of halogens is 1. The number of nitro groups is 2. The fourth-order valence-corrected chi connectivity index (χ4v) is 4.36. The molecule has 3 aromatic carbocycles. The summed E-state index contributed by atoms with van der Waals surface area (Å²) in [6, 6.07) is 13.7. The molecule has 0 N–H and O–H groups in total. The number of non-ortho nitro benzene ring substituents is 1. The van der Waals surface area contributed by atoms with Crippen LogP contribution in [-0.4, -0.2) is 32.3 Å². The van der Waals surface area contributed by atoms with Crippen molar-refractivity contribution in [2.45, 2.75) is 39.7 Å². The average molecular weight is 624 g/mol. The second-order valence-electron chi connectivity index (χ2n) is 9.07. The SMILES string of the molecule is CCOc1cc(C=Nn2c([C@@H](C)CC)nc3ccc(Br)cc3c2=O)cc([N+](=O)[O-])c1OCc1ccc([N+](=O)[O-])cc1. The summed E-state index contributed by atoms with van der Waals surface area (Å²) >= 11 is 3.38. The van der Waals surface area contributed by atoms with E-state index < -0.39 is 9.85 Å². The summed E-state index contributed by atoms with van der Waals surface area (Å²) in [4.78, 5) is 39.9. The number of rotatable bonds is 11. The zero-order valence-electron chi connectivity index (χ0n) is 22.4. The Kier molecular flexibility index (Phi) is 9.07.